The molecule has 2 aromatic rings. The molecular formula is C25H26Cl3N3O6S. The van der Waals surface area contributed by atoms with Crippen LogP contribution in [0.5, 0.6) is 0 Å². The lowest BCUT2D eigenvalue weighted by Crippen LogP contribution is -2.58. The number of carbonyl (C=O) groups is 4. The summed E-state index contributed by atoms with van der Waals surface area (Å²) < 4.78 is 11.2. The molecule has 0 spiro atoms. The Balaban J connectivity index is 1.75. The molecule has 2 amide bonds. The van der Waals surface area contributed by atoms with E-state index in [0.717, 1.165) is 0 Å². The summed E-state index contributed by atoms with van der Waals surface area (Å²) in [6, 6.07) is 8.12. The number of fused-ring (bicyclic) bond motifs is 1. The Kier molecular flexibility index (Phi) is 9.94. The van der Waals surface area contributed by atoms with Crippen LogP contribution in [0.3, 0.4) is 0 Å². The Morgan fingerprint density at radius 3 is 2.39 bits per heavy atom. The lowest BCUT2D eigenvalue weighted by atomic mass is 9.95. The summed E-state index contributed by atoms with van der Waals surface area (Å²) in [4.78, 5) is 51.2. The Bertz CT molecular complexity index is 1300. The molecule has 0 aliphatic carbocycles. The molecule has 2 aromatic carbocycles. The molecular weight excluding hydrogens is 577 g/mol. The van der Waals surface area contributed by atoms with Crippen molar-refractivity contribution in [1.82, 2.24) is 15.5 Å². The number of carbonyl (C=O) groups excluding carboxylic acids is 3. The molecule has 0 fully saturated rings. The zero-order valence-corrected chi connectivity index (χ0v) is 23.7. The van der Waals surface area contributed by atoms with E-state index >= 15 is 0 Å². The standard InChI is InChI=1S/C25H26Cl3N3O6S/c1-25(24(35)36,13-29-9-7-19(32)38(2)37)30-22(33)20-18(27)11-15-12-31(10-8-17(15)21(20)28)23(34)14-3-5-16(26)6-4-14/h3-6,11,29H,7-10,12-13H2,1-2H3,(H,30,33)(H,35,36). The molecule has 1 aliphatic heterocycles. The highest BCUT2D eigenvalue weighted by molar-refractivity contribution is 7.99. The van der Waals surface area contributed by atoms with Gasteiger partial charge in [0.15, 0.2) is 0 Å². The number of benzene rings is 2. The summed E-state index contributed by atoms with van der Waals surface area (Å²) in [7, 11) is -1.62. The van der Waals surface area contributed by atoms with Crippen molar-refractivity contribution < 1.29 is 28.5 Å². The minimum absolute atomic E-state index is 0.0174. The third-order valence-corrected chi connectivity index (χ3v) is 7.99. The van der Waals surface area contributed by atoms with E-state index in [4.69, 9.17) is 34.8 Å². The van der Waals surface area contributed by atoms with E-state index in [0.29, 0.717) is 34.7 Å². The maximum atomic E-state index is 13.2. The van der Waals surface area contributed by atoms with Gasteiger partial charge in [0.2, 0.25) is 5.12 Å². The highest BCUT2D eigenvalue weighted by Crippen LogP contribution is 2.35. The second kappa shape index (κ2) is 12.6. The number of nitrogens with zero attached hydrogens (tertiary/aromatic N) is 1. The Hall–Kier alpha value is -2.50. The van der Waals surface area contributed by atoms with Crippen molar-refractivity contribution in [3.05, 3.63) is 67.7 Å². The molecule has 1 heterocycles. The lowest BCUT2D eigenvalue weighted by Gasteiger charge is -2.31. The first kappa shape index (κ1) is 30.0. The SMILES string of the molecule is CS(=O)C(=O)CCNCC(C)(NC(=O)c1c(Cl)cc2c(c1Cl)CCN(C(=O)c1ccc(Cl)cc1)C2)C(=O)O. The van der Waals surface area contributed by atoms with Crippen LogP contribution in [0.25, 0.3) is 0 Å². The van der Waals surface area contributed by atoms with E-state index in [1.165, 1.54) is 13.2 Å². The van der Waals surface area contributed by atoms with Crippen molar-refractivity contribution in [2.24, 2.45) is 0 Å². The number of amides is 2. The van der Waals surface area contributed by atoms with Gasteiger partial charge in [-0.1, -0.05) is 34.8 Å². The molecule has 204 valence electrons. The number of hydrogen-bond acceptors (Lipinski definition) is 6. The molecule has 0 saturated heterocycles. The van der Waals surface area contributed by atoms with Crippen LogP contribution in [0, 0.1) is 0 Å². The van der Waals surface area contributed by atoms with Crippen molar-refractivity contribution in [2.75, 3.05) is 25.9 Å². The summed E-state index contributed by atoms with van der Waals surface area (Å²) in [5.74, 6) is -2.27. The smallest absolute Gasteiger partial charge is 0.330 e. The maximum Gasteiger partial charge on any atom is 0.330 e. The summed E-state index contributed by atoms with van der Waals surface area (Å²) in [5, 5.41) is 15.2. The minimum Gasteiger partial charge on any atom is -0.479 e. The van der Waals surface area contributed by atoms with Gasteiger partial charge < -0.3 is 20.6 Å². The largest absolute Gasteiger partial charge is 0.479 e. The monoisotopic (exact) mass is 601 g/mol. The number of halogens is 3. The van der Waals surface area contributed by atoms with Gasteiger partial charge in [0.25, 0.3) is 11.8 Å². The first-order chi connectivity index (χ1) is 17.8. The number of hydrogen-bond donors (Lipinski definition) is 3. The van der Waals surface area contributed by atoms with Crippen LogP contribution in [0.2, 0.25) is 15.1 Å². The van der Waals surface area contributed by atoms with Gasteiger partial charge in [0.05, 0.1) is 26.4 Å². The van der Waals surface area contributed by atoms with Crippen molar-refractivity contribution >= 4 is 68.5 Å². The number of rotatable bonds is 9. The van der Waals surface area contributed by atoms with Crippen LogP contribution in [-0.4, -0.2) is 68.5 Å². The molecule has 2 unspecified atom stereocenters. The fourth-order valence-electron chi connectivity index (χ4n) is 3.97. The Morgan fingerprint density at radius 2 is 1.79 bits per heavy atom. The number of nitrogens with one attached hydrogen (secondary N) is 2. The zero-order valence-electron chi connectivity index (χ0n) is 20.6. The van der Waals surface area contributed by atoms with Crippen molar-refractivity contribution in [3.8, 4) is 0 Å². The van der Waals surface area contributed by atoms with Crippen molar-refractivity contribution in [1.29, 1.82) is 0 Å². The normalized spacial score (nSPS) is 15.2. The summed E-state index contributed by atoms with van der Waals surface area (Å²) in [6.45, 7) is 1.77. The molecule has 38 heavy (non-hydrogen) atoms. The molecule has 0 radical (unpaired) electrons. The van der Waals surface area contributed by atoms with Gasteiger partial charge in [-0.15, -0.1) is 0 Å². The first-order valence-corrected chi connectivity index (χ1v) is 14.2. The van der Waals surface area contributed by atoms with E-state index in [1.807, 2.05) is 0 Å². The highest BCUT2D eigenvalue weighted by Gasteiger charge is 2.37. The number of carboxylic acid groups (broad SMARTS) is 1. The van der Waals surface area contributed by atoms with E-state index in [2.05, 4.69) is 10.6 Å². The summed E-state index contributed by atoms with van der Waals surface area (Å²) in [5.41, 5.74) is 0.0115. The van der Waals surface area contributed by atoms with Crippen LogP contribution in [-0.2, 0) is 33.4 Å². The maximum absolute atomic E-state index is 13.2. The van der Waals surface area contributed by atoms with Gasteiger partial charge in [-0.3, -0.25) is 18.6 Å². The van der Waals surface area contributed by atoms with Crippen LogP contribution in [0.4, 0.5) is 0 Å². The quantitative estimate of drug-likeness (QED) is 0.375. The molecule has 0 bridgehead atoms. The first-order valence-electron chi connectivity index (χ1n) is 11.5. The average molecular weight is 603 g/mol. The van der Waals surface area contributed by atoms with E-state index < -0.39 is 33.3 Å². The predicted octanol–water partition coefficient (Wildman–Crippen LogP) is 3.30. The van der Waals surface area contributed by atoms with E-state index in [9.17, 15) is 28.5 Å². The topological polar surface area (TPSA) is 133 Å². The van der Waals surface area contributed by atoms with Crippen LogP contribution in [0.1, 0.15) is 45.2 Å². The van der Waals surface area contributed by atoms with Crippen molar-refractivity contribution in [2.45, 2.75) is 31.8 Å². The lowest BCUT2D eigenvalue weighted by molar-refractivity contribution is -0.143. The molecule has 1 aliphatic rings. The molecule has 2 atom stereocenters. The number of carboxylic acids is 1. The van der Waals surface area contributed by atoms with Gasteiger partial charge in [0, 0.05) is 49.4 Å². The molecule has 13 heteroatoms. The Morgan fingerprint density at radius 1 is 1.13 bits per heavy atom. The number of aliphatic carboxylic acids is 1. The third-order valence-electron chi connectivity index (χ3n) is 6.18. The Labute approximate surface area is 237 Å². The van der Waals surface area contributed by atoms with Gasteiger partial charge in [0.1, 0.15) is 5.54 Å². The van der Waals surface area contributed by atoms with E-state index in [-0.39, 0.29) is 47.6 Å². The highest BCUT2D eigenvalue weighted by atomic mass is 35.5. The van der Waals surface area contributed by atoms with Crippen LogP contribution < -0.4 is 10.6 Å². The van der Waals surface area contributed by atoms with Gasteiger partial charge in [-0.2, -0.15) is 0 Å². The average Bonchev–Trinajstić information content (AvgIpc) is 2.86. The summed E-state index contributed by atoms with van der Waals surface area (Å²) in [6.07, 6.45) is 1.59. The zero-order chi connectivity index (χ0) is 28.2. The van der Waals surface area contributed by atoms with Gasteiger partial charge in [-0.25, -0.2) is 4.79 Å². The molecule has 3 rings (SSSR count). The minimum atomic E-state index is -1.75. The van der Waals surface area contributed by atoms with Gasteiger partial charge in [-0.05, 0) is 54.8 Å². The fourth-order valence-corrected chi connectivity index (χ4v) is 5.25. The van der Waals surface area contributed by atoms with Crippen molar-refractivity contribution in [3.63, 3.8) is 0 Å². The fraction of sp³-hybridized carbons (Fsp3) is 0.360. The van der Waals surface area contributed by atoms with E-state index in [1.54, 1.807) is 35.2 Å². The molecule has 9 nitrogen and oxygen atoms in total. The second-order valence-electron chi connectivity index (χ2n) is 9.01. The molecule has 0 aromatic heterocycles. The second-order valence-corrected chi connectivity index (χ2v) is 11.6. The molecule has 0 saturated carbocycles. The van der Waals surface area contributed by atoms with Crippen LogP contribution in [0.15, 0.2) is 30.3 Å². The predicted molar refractivity (Wildman–Crippen MR) is 146 cm³/mol. The van der Waals surface area contributed by atoms with Crippen LogP contribution >= 0.6 is 34.8 Å². The van der Waals surface area contributed by atoms with Gasteiger partial charge >= 0.3 is 5.97 Å². The summed E-state index contributed by atoms with van der Waals surface area (Å²) >= 11 is 18.9. The third kappa shape index (κ3) is 6.92. The molecule has 3 N–H and O–H groups in total.